The molecule has 1 heterocycles. The third kappa shape index (κ3) is 10.6. The number of rotatable bonds is 12. The molecule has 2 aliphatic rings. The summed E-state index contributed by atoms with van der Waals surface area (Å²) in [5.41, 5.74) is 0.156. The van der Waals surface area contributed by atoms with Gasteiger partial charge in [0.05, 0.1) is 18.3 Å². The fraction of sp³-hybridized carbons (Fsp3) is 0.759. The molecule has 1 aromatic carbocycles. The average molecular weight is 641 g/mol. The molecule has 0 bridgehead atoms. The van der Waals surface area contributed by atoms with Gasteiger partial charge in [0.25, 0.3) is 0 Å². The molecule has 1 aliphatic heterocycles. The first-order chi connectivity index (χ1) is 20.0. The number of amides is 1. The van der Waals surface area contributed by atoms with Gasteiger partial charge in [-0.2, -0.15) is 21.6 Å². The Morgan fingerprint density at radius 2 is 1.86 bits per heavy atom. The van der Waals surface area contributed by atoms with E-state index in [0.717, 1.165) is 43.4 Å². The smallest absolute Gasteiger partial charge is 0.493 e. The molecule has 0 spiro atoms. The lowest BCUT2D eigenvalue weighted by atomic mass is 9.73. The van der Waals surface area contributed by atoms with Crippen LogP contribution in [0.2, 0.25) is 0 Å². The molecule has 1 aliphatic carbocycles. The van der Waals surface area contributed by atoms with Gasteiger partial charge in [-0.1, -0.05) is 38.5 Å². The number of hydrogen-bond donors (Lipinski definition) is 4. The number of para-hydroxylation sites is 1. The molecule has 6 atom stereocenters. The summed E-state index contributed by atoms with van der Waals surface area (Å²) < 4.78 is 69.0. The highest BCUT2D eigenvalue weighted by Crippen LogP contribution is 2.44. The molecule has 5 N–H and O–H groups in total. The number of aliphatic hydroxyl groups is 2. The monoisotopic (exact) mass is 640 g/mol. The van der Waals surface area contributed by atoms with Crippen molar-refractivity contribution in [3.05, 3.63) is 29.8 Å². The van der Waals surface area contributed by atoms with Crippen LogP contribution < -0.4 is 10.5 Å². The summed E-state index contributed by atoms with van der Waals surface area (Å²) >= 11 is 0. The number of halogens is 3. The lowest BCUT2D eigenvalue weighted by molar-refractivity contribution is -0.141. The lowest BCUT2D eigenvalue weighted by Gasteiger charge is -2.44. The van der Waals surface area contributed by atoms with Crippen molar-refractivity contribution in [2.24, 2.45) is 23.5 Å². The first kappa shape index (κ1) is 37.2. The van der Waals surface area contributed by atoms with E-state index in [1.54, 1.807) is 7.11 Å². The van der Waals surface area contributed by atoms with Gasteiger partial charge in [-0.15, -0.1) is 0 Å². The minimum absolute atomic E-state index is 0.0599. The molecule has 43 heavy (non-hydrogen) atoms. The third-order valence-electron chi connectivity index (χ3n) is 8.36. The highest BCUT2D eigenvalue weighted by Gasteiger charge is 2.45. The van der Waals surface area contributed by atoms with Gasteiger partial charge >= 0.3 is 15.6 Å². The van der Waals surface area contributed by atoms with Crippen LogP contribution in [0.1, 0.15) is 70.8 Å². The summed E-state index contributed by atoms with van der Waals surface area (Å²) in [6, 6.07) is 7.50. The van der Waals surface area contributed by atoms with Crippen molar-refractivity contribution in [3.8, 4) is 5.75 Å². The zero-order valence-electron chi connectivity index (χ0n) is 25.1. The number of ether oxygens (including phenoxy) is 2. The molecule has 1 saturated carbocycles. The first-order valence-electron chi connectivity index (χ1n) is 14.7. The van der Waals surface area contributed by atoms with Crippen LogP contribution in [0.25, 0.3) is 0 Å². The molecule has 3 unspecified atom stereocenters. The van der Waals surface area contributed by atoms with Crippen molar-refractivity contribution >= 4 is 16.0 Å². The van der Waals surface area contributed by atoms with Crippen molar-refractivity contribution in [1.29, 1.82) is 0 Å². The van der Waals surface area contributed by atoms with E-state index in [9.17, 15) is 28.2 Å². The largest absolute Gasteiger partial charge is 0.522 e. The van der Waals surface area contributed by atoms with Crippen LogP contribution in [-0.2, 0) is 25.3 Å². The molecule has 1 aromatic rings. The number of nitrogens with zero attached hydrogens (tertiary/aromatic N) is 1. The Labute approximate surface area is 252 Å². The SMILES string of the molecule is CCC(C)COc1ccccc1C(O)(CCCCOC)C1CCCN(C(=O)[C@H]2C[C@@H](N)[C@@H](O)C2)C1.O=S(=O)(O)C(F)(F)F. The number of likely N-dealkylation sites (tertiary alicyclic amines) is 1. The zero-order chi connectivity index (χ0) is 32.4. The second-order valence-corrected chi connectivity index (χ2v) is 13.1. The Bertz CT molecular complexity index is 1110. The Morgan fingerprint density at radius 3 is 2.42 bits per heavy atom. The summed E-state index contributed by atoms with van der Waals surface area (Å²) in [6.45, 7) is 6.75. The van der Waals surface area contributed by atoms with Crippen LogP contribution in [0.5, 0.6) is 5.75 Å². The predicted molar refractivity (Wildman–Crippen MR) is 155 cm³/mol. The first-order valence-corrected chi connectivity index (χ1v) is 16.2. The van der Waals surface area contributed by atoms with Crippen molar-refractivity contribution in [1.82, 2.24) is 4.90 Å². The molecular weight excluding hydrogens is 593 g/mol. The van der Waals surface area contributed by atoms with Crippen molar-refractivity contribution < 1.29 is 50.6 Å². The number of methoxy groups -OCH3 is 1. The molecule has 14 heteroatoms. The van der Waals surface area contributed by atoms with E-state index < -0.39 is 27.3 Å². The number of nitrogens with two attached hydrogens (primary N) is 1. The highest BCUT2D eigenvalue weighted by molar-refractivity contribution is 7.86. The number of piperidine rings is 1. The number of aliphatic hydroxyl groups excluding tert-OH is 1. The fourth-order valence-corrected chi connectivity index (χ4v) is 5.57. The van der Waals surface area contributed by atoms with Crippen LogP contribution in [0.3, 0.4) is 0 Å². The molecular formula is C29H47F3N2O8S. The van der Waals surface area contributed by atoms with Gasteiger partial charge in [-0.25, -0.2) is 0 Å². The standard InChI is InChI=1S/C28H46N2O5.CHF3O3S/c1-4-20(2)19-35-26-12-6-5-11-23(26)28(33,13-7-8-15-34-3)22-10-9-14-30(18-22)27(32)21-16-24(29)25(31)17-21;2-1(3,4)8(5,6)7/h5-6,11-12,20-22,24-25,31,33H,4,7-10,13-19,29H2,1-3H3;(H,5,6,7)/t20?,21-,22?,24+,25-,28?;/m0./s1. The fourth-order valence-electron chi connectivity index (χ4n) is 5.57. The molecule has 1 amide bonds. The minimum Gasteiger partial charge on any atom is -0.493 e. The second-order valence-electron chi connectivity index (χ2n) is 11.6. The van der Waals surface area contributed by atoms with Gasteiger partial charge in [-0.3, -0.25) is 9.35 Å². The Hall–Kier alpha value is -1.97. The van der Waals surface area contributed by atoms with Gasteiger partial charge in [0.15, 0.2) is 0 Å². The van der Waals surface area contributed by atoms with Crippen LogP contribution in [0, 0.1) is 17.8 Å². The molecule has 248 valence electrons. The topological polar surface area (TPSA) is 160 Å². The summed E-state index contributed by atoms with van der Waals surface area (Å²) in [5.74, 6) is 0.879. The molecule has 2 fully saturated rings. The highest BCUT2D eigenvalue weighted by atomic mass is 32.2. The van der Waals surface area contributed by atoms with E-state index in [2.05, 4.69) is 13.8 Å². The van der Waals surface area contributed by atoms with E-state index in [-0.39, 0.29) is 23.8 Å². The van der Waals surface area contributed by atoms with Crippen molar-refractivity contribution in [2.75, 3.05) is 33.4 Å². The quantitative estimate of drug-likeness (QED) is 0.151. The summed E-state index contributed by atoms with van der Waals surface area (Å²) in [6.07, 6.45) is 5.31. The van der Waals surface area contributed by atoms with Crippen LogP contribution in [0.4, 0.5) is 13.2 Å². The lowest BCUT2D eigenvalue weighted by Crippen LogP contribution is -2.49. The van der Waals surface area contributed by atoms with E-state index >= 15 is 0 Å². The number of unbranched alkanes of at least 4 members (excludes halogenated alkanes) is 1. The molecule has 10 nitrogen and oxygen atoms in total. The number of hydrogen-bond acceptors (Lipinski definition) is 8. The van der Waals surface area contributed by atoms with Crippen LogP contribution in [-0.4, -0.2) is 85.1 Å². The van der Waals surface area contributed by atoms with Crippen molar-refractivity contribution in [3.63, 3.8) is 0 Å². The van der Waals surface area contributed by atoms with Gasteiger partial charge in [0.1, 0.15) is 5.75 Å². The van der Waals surface area contributed by atoms with Crippen LogP contribution >= 0.6 is 0 Å². The molecule has 0 aromatic heterocycles. The van der Waals surface area contributed by atoms with Gasteiger partial charge < -0.3 is 30.3 Å². The van der Waals surface area contributed by atoms with E-state index in [4.69, 9.17) is 28.2 Å². The third-order valence-corrected chi connectivity index (χ3v) is 8.94. The van der Waals surface area contributed by atoms with Crippen molar-refractivity contribution in [2.45, 2.75) is 88.5 Å². The Morgan fingerprint density at radius 1 is 1.21 bits per heavy atom. The normalized spacial score (nSPS) is 24.9. The van der Waals surface area contributed by atoms with E-state index in [1.807, 2.05) is 29.2 Å². The average Bonchev–Trinajstić information content (AvgIpc) is 3.30. The minimum atomic E-state index is -5.84. The number of carbonyl (C=O) groups excluding carboxylic acids is 1. The second kappa shape index (κ2) is 16.4. The summed E-state index contributed by atoms with van der Waals surface area (Å²) in [7, 11) is -4.15. The number of alkyl halides is 3. The molecule has 1 saturated heterocycles. The van der Waals surface area contributed by atoms with Gasteiger partial charge in [0.2, 0.25) is 5.91 Å². The van der Waals surface area contributed by atoms with Gasteiger partial charge in [-0.05, 0) is 56.9 Å². The number of carbonyl (C=O) groups is 1. The Kier molecular flexibility index (Phi) is 14.2. The number of benzene rings is 1. The predicted octanol–water partition coefficient (Wildman–Crippen LogP) is 3.85. The maximum atomic E-state index is 13.3. The Balaban J connectivity index is 0.000000708. The van der Waals surface area contributed by atoms with E-state index in [0.29, 0.717) is 51.5 Å². The zero-order valence-corrected chi connectivity index (χ0v) is 25.9. The molecule has 3 rings (SSSR count). The van der Waals surface area contributed by atoms with Crippen LogP contribution in [0.15, 0.2) is 24.3 Å². The summed E-state index contributed by atoms with van der Waals surface area (Å²) in [5, 5.41) is 22.4. The maximum absolute atomic E-state index is 13.3. The molecule has 0 radical (unpaired) electrons. The van der Waals surface area contributed by atoms with Gasteiger partial charge in [0, 0.05) is 50.2 Å². The maximum Gasteiger partial charge on any atom is 0.522 e. The van der Waals surface area contributed by atoms with E-state index in [1.165, 1.54) is 0 Å². The summed E-state index contributed by atoms with van der Waals surface area (Å²) in [4.78, 5) is 15.2.